The maximum absolute atomic E-state index is 11.7. The molecule has 0 atom stereocenters. The van der Waals surface area contributed by atoms with Gasteiger partial charge in [0.15, 0.2) is 5.78 Å². The van der Waals surface area contributed by atoms with Crippen LogP contribution in [0.15, 0.2) is 30.3 Å². The summed E-state index contributed by atoms with van der Waals surface area (Å²) in [5.41, 5.74) is 0.295. The monoisotopic (exact) mass is 234 g/mol. The lowest BCUT2D eigenvalue weighted by Gasteiger charge is -2.20. The molecule has 0 aliphatic heterocycles. The highest BCUT2D eigenvalue weighted by Gasteiger charge is 2.14. The predicted molar refractivity (Wildman–Crippen MR) is 67.1 cm³/mol. The zero-order valence-electron chi connectivity index (χ0n) is 10.4. The average Bonchev–Trinajstić information content (AvgIpc) is 2.25. The number of benzene rings is 1. The summed E-state index contributed by atoms with van der Waals surface area (Å²) in [6, 6.07) is 8.56. The summed E-state index contributed by atoms with van der Waals surface area (Å²) < 4.78 is 0. The van der Waals surface area contributed by atoms with Crippen molar-refractivity contribution < 1.29 is 9.59 Å². The predicted octanol–water partition coefficient (Wildman–Crippen LogP) is 1.97. The molecule has 0 spiro atoms. The van der Waals surface area contributed by atoms with Crippen LogP contribution < -0.4 is 10.6 Å². The Morgan fingerprint density at radius 1 is 1.12 bits per heavy atom. The summed E-state index contributed by atoms with van der Waals surface area (Å²) in [5.74, 6) is -0.102. The van der Waals surface area contributed by atoms with E-state index in [0.29, 0.717) is 5.56 Å². The molecule has 0 aromatic heterocycles. The van der Waals surface area contributed by atoms with Gasteiger partial charge in [-0.2, -0.15) is 0 Å². The van der Waals surface area contributed by atoms with E-state index in [1.807, 2.05) is 26.8 Å². The first-order chi connectivity index (χ1) is 7.88. The van der Waals surface area contributed by atoms with Crippen molar-refractivity contribution in [3.05, 3.63) is 35.9 Å². The lowest BCUT2D eigenvalue weighted by Crippen LogP contribution is -2.47. The molecule has 1 rings (SSSR count). The number of carbonyl (C=O) groups excluding carboxylic acids is 2. The molecule has 0 fully saturated rings. The molecule has 1 aromatic carbocycles. The summed E-state index contributed by atoms with van der Waals surface area (Å²) in [6.07, 6.45) is 0. The Morgan fingerprint density at radius 3 is 2.24 bits per heavy atom. The van der Waals surface area contributed by atoms with Crippen LogP contribution in [0.25, 0.3) is 0 Å². The zero-order chi connectivity index (χ0) is 12.9. The van der Waals surface area contributed by atoms with Crippen molar-refractivity contribution in [2.75, 3.05) is 6.54 Å². The number of hydrogen-bond donors (Lipinski definition) is 2. The van der Waals surface area contributed by atoms with Crippen molar-refractivity contribution in [3.8, 4) is 0 Å². The van der Waals surface area contributed by atoms with Gasteiger partial charge in [0.1, 0.15) is 0 Å². The summed E-state index contributed by atoms with van der Waals surface area (Å²) in [4.78, 5) is 23.1. The fourth-order valence-corrected chi connectivity index (χ4v) is 1.27. The number of carbonyl (C=O) groups is 2. The standard InChI is InChI=1S/C13H18N2O2/c1-13(2,3)15-12(17)14-9-11(16)10-7-5-4-6-8-10/h4-8H,9H2,1-3H3,(H2,14,15,17). The molecule has 0 unspecified atom stereocenters. The number of urea groups is 1. The fourth-order valence-electron chi connectivity index (χ4n) is 1.27. The third kappa shape index (κ3) is 5.15. The first-order valence-electron chi connectivity index (χ1n) is 5.53. The number of hydrogen-bond acceptors (Lipinski definition) is 2. The second kappa shape index (κ2) is 5.48. The molecule has 0 saturated carbocycles. The summed E-state index contributed by atoms with van der Waals surface area (Å²) in [6.45, 7) is 5.65. The van der Waals surface area contributed by atoms with E-state index >= 15 is 0 Å². The molecule has 2 N–H and O–H groups in total. The Morgan fingerprint density at radius 2 is 1.71 bits per heavy atom. The molecule has 0 bridgehead atoms. The van der Waals surface area contributed by atoms with Gasteiger partial charge in [-0.3, -0.25) is 4.79 Å². The molecule has 2 amide bonds. The van der Waals surface area contributed by atoms with Crippen molar-refractivity contribution in [3.63, 3.8) is 0 Å². The van der Waals surface area contributed by atoms with Crippen LogP contribution in [-0.4, -0.2) is 23.9 Å². The quantitative estimate of drug-likeness (QED) is 0.785. The van der Waals surface area contributed by atoms with Gasteiger partial charge in [-0.25, -0.2) is 4.79 Å². The van der Waals surface area contributed by atoms with Gasteiger partial charge in [-0.05, 0) is 20.8 Å². The zero-order valence-corrected chi connectivity index (χ0v) is 10.4. The largest absolute Gasteiger partial charge is 0.334 e. The van der Waals surface area contributed by atoms with Gasteiger partial charge >= 0.3 is 6.03 Å². The topological polar surface area (TPSA) is 58.2 Å². The third-order valence-electron chi connectivity index (χ3n) is 1.99. The van der Waals surface area contributed by atoms with Crippen molar-refractivity contribution in [1.29, 1.82) is 0 Å². The molecule has 0 saturated heterocycles. The molecular weight excluding hydrogens is 216 g/mol. The van der Waals surface area contributed by atoms with Crippen LogP contribution >= 0.6 is 0 Å². The van der Waals surface area contributed by atoms with Crippen LogP contribution in [-0.2, 0) is 0 Å². The van der Waals surface area contributed by atoms with Gasteiger partial charge in [0, 0.05) is 11.1 Å². The summed E-state index contributed by atoms with van der Waals surface area (Å²) in [5, 5.41) is 5.26. The molecule has 0 heterocycles. The van der Waals surface area contributed by atoms with E-state index in [-0.39, 0.29) is 23.9 Å². The number of ketones is 1. The van der Waals surface area contributed by atoms with Crippen LogP contribution in [0, 0.1) is 0 Å². The van der Waals surface area contributed by atoms with Gasteiger partial charge in [-0.1, -0.05) is 30.3 Å². The fraction of sp³-hybridized carbons (Fsp3) is 0.385. The van der Waals surface area contributed by atoms with Crippen molar-refractivity contribution in [2.45, 2.75) is 26.3 Å². The minimum absolute atomic E-state index is 0.00588. The average molecular weight is 234 g/mol. The van der Waals surface area contributed by atoms with Crippen LogP contribution in [0.4, 0.5) is 4.79 Å². The number of rotatable bonds is 3. The Hall–Kier alpha value is -1.84. The lowest BCUT2D eigenvalue weighted by atomic mass is 10.1. The smallest absolute Gasteiger partial charge is 0.315 e. The van der Waals surface area contributed by atoms with Crippen molar-refractivity contribution in [1.82, 2.24) is 10.6 Å². The lowest BCUT2D eigenvalue weighted by molar-refractivity contribution is 0.0991. The molecular formula is C13H18N2O2. The molecule has 1 aromatic rings. The second-order valence-electron chi connectivity index (χ2n) is 4.85. The highest BCUT2D eigenvalue weighted by atomic mass is 16.2. The SMILES string of the molecule is CC(C)(C)NC(=O)NCC(=O)c1ccccc1. The minimum atomic E-state index is -0.332. The Labute approximate surface area is 101 Å². The summed E-state index contributed by atoms with van der Waals surface area (Å²) >= 11 is 0. The minimum Gasteiger partial charge on any atom is -0.334 e. The van der Waals surface area contributed by atoms with E-state index in [9.17, 15) is 9.59 Å². The Balaban J connectivity index is 2.42. The van der Waals surface area contributed by atoms with E-state index in [4.69, 9.17) is 0 Å². The number of amides is 2. The van der Waals surface area contributed by atoms with E-state index in [2.05, 4.69) is 10.6 Å². The normalized spacial score (nSPS) is 10.8. The summed E-state index contributed by atoms with van der Waals surface area (Å²) in [7, 11) is 0. The van der Waals surface area contributed by atoms with Gasteiger partial charge in [-0.15, -0.1) is 0 Å². The Bertz CT molecular complexity index is 394. The Kier molecular flexibility index (Phi) is 4.26. The maximum atomic E-state index is 11.7. The van der Waals surface area contributed by atoms with Gasteiger partial charge < -0.3 is 10.6 Å². The highest BCUT2D eigenvalue weighted by molar-refractivity contribution is 5.99. The van der Waals surface area contributed by atoms with E-state index in [1.165, 1.54) is 0 Å². The van der Waals surface area contributed by atoms with E-state index < -0.39 is 0 Å². The third-order valence-corrected chi connectivity index (χ3v) is 1.99. The molecule has 17 heavy (non-hydrogen) atoms. The van der Waals surface area contributed by atoms with Gasteiger partial charge in [0.05, 0.1) is 6.54 Å². The molecule has 4 heteroatoms. The molecule has 0 aliphatic rings. The molecule has 92 valence electrons. The van der Waals surface area contributed by atoms with Crippen molar-refractivity contribution in [2.24, 2.45) is 0 Å². The van der Waals surface area contributed by atoms with Crippen molar-refractivity contribution >= 4 is 11.8 Å². The molecule has 4 nitrogen and oxygen atoms in total. The van der Waals surface area contributed by atoms with Gasteiger partial charge in [0.2, 0.25) is 0 Å². The second-order valence-corrected chi connectivity index (χ2v) is 4.85. The van der Waals surface area contributed by atoms with Crippen LogP contribution in [0.5, 0.6) is 0 Å². The highest BCUT2D eigenvalue weighted by Crippen LogP contribution is 2.00. The van der Waals surface area contributed by atoms with Crippen LogP contribution in [0.1, 0.15) is 31.1 Å². The van der Waals surface area contributed by atoms with Crippen LogP contribution in [0.3, 0.4) is 0 Å². The number of nitrogens with one attached hydrogen (secondary N) is 2. The van der Waals surface area contributed by atoms with Gasteiger partial charge in [0.25, 0.3) is 0 Å². The maximum Gasteiger partial charge on any atom is 0.315 e. The van der Waals surface area contributed by atoms with Crippen LogP contribution in [0.2, 0.25) is 0 Å². The first kappa shape index (κ1) is 13.2. The van der Waals surface area contributed by atoms with E-state index in [0.717, 1.165) is 0 Å². The molecule has 0 aliphatic carbocycles. The first-order valence-corrected chi connectivity index (χ1v) is 5.53. The molecule has 0 radical (unpaired) electrons. The van der Waals surface area contributed by atoms with E-state index in [1.54, 1.807) is 24.3 Å². The number of Topliss-reactive ketones (excluding diaryl/α,β-unsaturated/α-hetero) is 1.